The van der Waals surface area contributed by atoms with Gasteiger partial charge in [-0.1, -0.05) is 13.3 Å². The first-order valence-electron chi connectivity index (χ1n) is 12.2. The van der Waals surface area contributed by atoms with Crippen LogP contribution in [0.15, 0.2) is 83.8 Å². The summed E-state index contributed by atoms with van der Waals surface area (Å²) in [5.41, 5.74) is 2.79. The SMILES string of the molecule is CCCCOc1ccc(S(=O)(=O)Nc2ccc(Nc3nc(C)cc(Nc4ccc(OC)cc4)n3)cc2)cc1. The molecule has 0 radical (unpaired) electrons. The molecule has 0 aliphatic carbocycles. The van der Waals surface area contributed by atoms with Crippen LogP contribution in [0.25, 0.3) is 0 Å². The van der Waals surface area contributed by atoms with Crippen molar-refractivity contribution in [1.82, 2.24) is 9.97 Å². The molecule has 0 spiro atoms. The standard InChI is InChI=1S/C28H31N5O4S/c1-4-5-18-37-25-14-16-26(17-15-25)38(34,35)33-23-8-6-22(7-9-23)31-28-29-20(2)19-27(32-28)30-21-10-12-24(36-3)13-11-21/h6-17,19,33H,4-5,18H2,1-3H3,(H2,29,30,31,32). The Morgan fingerprint density at radius 2 is 1.39 bits per heavy atom. The lowest BCUT2D eigenvalue weighted by Crippen LogP contribution is -2.13. The van der Waals surface area contributed by atoms with E-state index in [4.69, 9.17) is 9.47 Å². The van der Waals surface area contributed by atoms with Crippen molar-refractivity contribution in [2.45, 2.75) is 31.6 Å². The second-order valence-electron chi connectivity index (χ2n) is 8.55. The molecule has 1 aromatic heterocycles. The van der Waals surface area contributed by atoms with E-state index in [1.54, 1.807) is 43.5 Å². The Bertz CT molecular complexity index is 1440. The molecule has 0 atom stereocenters. The Morgan fingerprint density at radius 1 is 0.789 bits per heavy atom. The molecule has 0 saturated carbocycles. The number of hydrogen-bond donors (Lipinski definition) is 3. The number of benzene rings is 3. The summed E-state index contributed by atoms with van der Waals surface area (Å²) in [5.74, 6) is 2.47. The lowest BCUT2D eigenvalue weighted by molar-refractivity contribution is 0.309. The van der Waals surface area contributed by atoms with Gasteiger partial charge in [0.15, 0.2) is 0 Å². The van der Waals surface area contributed by atoms with Crippen LogP contribution in [0.3, 0.4) is 0 Å². The van der Waals surface area contributed by atoms with Crippen LogP contribution in [-0.4, -0.2) is 32.1 Å². The quantitative estimate of drug-likeness (QED) is 0.183. The molecular formula is C28H31N5O4S. The Kier molecular flexibility index (Phi) is 8.65. The minimum absolute atomic E-state index is 0.160. The normalized spacial score (nSPS) is 11.0. The Balaban J connectivity index is 1.39. The molecule has 0 amide bonds. The highest BCUT2D eigenvalue weighted by molar-refractivity contribution is 7.92. The van der Waals surface area contributed by atoms with E-state index >= 15 is 0 Å². The van der Waals surface area contributed by atoms with Crippen molar-refractivity contribution in [3.8, 4) is 11.5 Å². The second-order valence-corrected chi connectivity index (χ2v) is 10.2. The van der Waals surface area contributed by atoms with Gasteiger partial charge in [-0.15, -0.1) is 0 Å². The van der Waals surface area contributed by atoms with Crippen molar-refractivity contribution in [3.05, 3.63) is 84.6 Å². The largest absolute Gasteiger partial charge is 0.497 e. The number of ether oxygens (including phenoxy) is 2. The lowest BCUT2D eigenvalue weighted by Gasteiger charge is -2.12. The van der Waals surface area contributed by atoms with Crippen LogP contribution < -0.4 is 24.8 Å². The molecule has 0 aliphatic rings. The highest BCUT2D eigenvalue weighted by atomic mass is 32.2. The molecule has 4 aromatic rings. The molecule has 9 nitrogen and oxygen atoms in total. The van der Waals surface area contributed by atoms with Crippen LogP contribution in [0, 0.1) is 6.92 Å². The molecule has 0 fully saturated rings. The molecule has 3 aromatic carbocycles. The Labute approximate surface area is 223 Å². The number of sulfonamides is 1. The van der Waals surface area contributed by atoms with Crippen LogP contribution in [0.1, 0.15) is 25.5 Å². The number of rotatable bonds is 12. The average molecular weight is 534 g/mol. The highest BCUT2D eigenvalue weighted by Gasteiger charge is 2.14. The molecule has 3 N–H and O–H groups in total. The molecule has 38 heavy (non-hydrogen) atoms. The van der Waals surface area contributed by atoms with Gasteiger partial charge in [-0.3, -0.25) is 4.72 Å². The zero-order valence-corrected chi connectivity index (χ0v) is 22.4. The van der Waals surface area contributed by atoms with Crippen molar-refractivity contribution in [1.29, 1.82) is 0 Å². The Morgan fingerprint density at radius 3 is 2.05 bits per heavy atom. The maximum absolute atomic E-state index is 12.8. The van der Waals surface area contributed by atoms with Crippen LogP contribution in [0.4, 0.5) is 28.8 Å². The third kappa shape index (κ3) is 7.36. The summed E-state index contributed by atoms with van der Waals surface area (Å²) in [6, 6.07) is 22.6. The van der Waals surface area contributed by atoms with E-state index in [2.05, 4.69) is 32.2 Å². The van der Waals surface area contributed by atoms with Crippen LogP contribution in [0.2, 0.25) is 0 Å². The molecular weight excluding hydrogens is 502 g/mol. The van der Waals surface area contributed by atoms with E-state index < -0.39 is 10.0 Å². The summed E-state index contributed by atoms with van der Waals surface area (Å²) in [6.45, 7) is 4.57. The predicted octanol–water partition coefficient (Wildman–Crippen LogP) is 6.26. The van der Waals surface area contributed by atoms with Gasteiger partial charge in [-0.2, -0.15) is 4.98 Å². The number of nitrogens with zero attached hydrogens (tertiary/aromatic N) is 2. The maximum Gasteiger partial charge on any atom is 0.261 e. The number of aromatic nitrogens is 2. The van der Waals surface area contributed by atoms with Gasteiger partial charge >= 0.3 is 0 Å². The van der Waals surface area contributed by atoms with E-state index in [1.807, 2.05) is 37.3 Å². The van der Waals surface area contributed by atoms with Gasteiger partial charge in [-0.25, -0.2) is 13.4 Å². The first-order valence-corrected chi connectivity index (χ1v) is 13.7. The van der Waals surface area contributed by atoms with Crippen molar-refractivity contribution in [2.75, 3.05) is 29.1 Å². The monoisotopic (exact) mass is 533 g/mol. The molecule has 0 saturated heterocycles. The number of methoxy groups -OCH3 is 1. The van der Waals surface area contributed by atoms with Gasteiger partial charge in [0.1, 0.15) is 17.3 Å². The van der Waals surface area contributed by atoms with Gasteiger partial charge in [0, 0.05) is 28.8 Å². The fourth-order valence-corrected chi connectivity index (χ4v) is 4.58. The minimum Gasteiger partial charge on any atom is -0.497 e. The van der Waals surface area contributed by atoms with Gasteiger partial charge in [0.2, 0.25) is 5.95 Å². The number of anilines is 5. The average Bonchev–Trinajstić information content (AvgIpc) is 2.90. The highest BCUT2D eigenvalue weighted by Crippen LogP contribution is 2.24. The van der Waals surface area contributed by atoms with Crippen LogP contribution in [0.5, 0.6) is 11.5 Å². The second kappa shape index (κ2) is 12.3. The van der Waals surface area contributed by atoms with Crippen molar-refractivity contribution >= 4 is 38.9 Å². The number of hydrogen-bond acceptors (Lipinski definition) is 8. The Hall–Kier alpha value is -4.31. The molecule has 0 aliphatic heterocycles. The van der Waals surface area contributed by atoms with E-state index in [0.717, 1.165) is 30.0 Å². The summed E-state index contributed by atoms with van der Waals surface area (Å²) in [5, 5.41) is 6.42. The van der Waals surface area contributed by atoms with Gasteiger partial charge in [0.25, 0.3) is 10.0 Å². The van der Waals surface area contributed by atoms with Gasteiger partial charge in [0.05, 0.1) is 18.6 Å². The third-order valence-electron chi connectivity index (χ3n) is 5.51. The fourth-order valence-electron chi connectivity index (χ4n) is 3.52. The summed E-state index contributed by atoms with van der Waals surface area (Å²) < 4.78 is 39.0. The van der Waals surface area contributed by atoms with Crippen LogP contribution >= 0.6 is 0 Å². The molecule has 0 bridgehead atoms. The smallest absolute Gasteiger partial charge is 0.261 e. The third-order valence-corrected chi connectivity index (χ3v) is 6.91. The maximum atomic E-state index is 12.8. The van der Waals surface area contributed by atoms with Gasteiger partial charge < -0.3 is 20.1 Å². The van der Waals surface area contributed by atoms with Crippen molar-refractivity contribution in [3.63, 3.8) is 0 Å². The minimum atomic E-state index is -3.74. The summed E-state index contributed by atoms with van der Waals surface area (Å²) in [7, 11) is -2.12. The molecule has 1 heterocycles. The zero-order chi connectivity index (χ0) is 27.0. The molecule has 10 heteroatoms. The molecule has 4 rings (SSSR count). The van der Waals surface area contributed by atoms with E-state index in [-0.39, 0.29) is 4.90 Å². The van der Waals surface area contributed by atoms with E-state index in [1.165, 1.54) is 12.1 Å². The first-order chi connectivity index (χ1) is 18.3. The summed E-state index contributed by atoms with van der Waals surface area (Å²) in [4.78, 5) is 9.14. The number of unbranched alkanes of at least 4 members (excludes halogenated alkanes) is 1. The van der Waals surface area contributed by atoms with E-state index in [9.17, 15) is 8.42 Å². The molecule has 198 valence electrons. The predicted molar refractivity (Wildman–Crippen MR) is 150 cm³/mol. The van der Waals surface area contributed by atoms with E-state index in [0.29, 0.717) is 35.5 Å². The summed E-state index contributed by atoms with van der Waals surface area (Å²) >= 11 is 0. The summed E-state index contributed by atoms with van der Waals surface area (Å²) in [6.07, 6.45) is 1.98. The lowest BCUT2D eigenvalue weighted by atomic mass is 10.3. The number of nitrogens with one attached hydrogen (secondary N) is 3. The van der Waals surface area contributed by atoms with Crippen molar-refractivity contribution in [2.24, 2.45) is 0 Å². The van der Waals surface area contributed by atoms with Crippen molar-refractivity contribution < 1.29 is 17.9 Å². The first kappa shape index (κ1) is 26.7. The molecule has 0 unspecified atom stereocenters. The van der Waals surface area contributed by atoms with Crippen LogP contribution in [-0.2, 0) is 10.0 Å². The zero-order valence-electron chi connectivity index (χ0n) is 21.6. The topological polar surface area (TPSA) is 114 Å². The number of aryl methyl sites for hydroxylation is 1. The van der Waals surface area contributed by atoms with Gasteiger partial charge in [-0.05, 0) is 86.1 Å². The fraction of sp³-hybridized carbons (Fsp3) is 0.214.